The number of aliphatic hydroxyl groups is 1. The first kappa shape index (κ1) is 21.7. The lowest BCUT2D eigenvalue weighted by molar-refractivity contribution is -0.123. The van der Waals surface area contributed by atoms with Crippen LogP contribution in [0.1, 0.15) is 31.2 Å². The Hall–Kier alpha value is -1.60. The van der Waals surface area contributed by atoms with Crippen LogP contribution in [0.2, 0.25) is 5.02 Å². The van der Waals surface area contributed by atoms with Crippen LogP contribution in [0.3, 0.4) is 0 Å². The van der Waals surface area contributed by atoms with Crippen molar-refractivity contribution in [1.29, 1.82) is 0 Å². The summed E-state index contributed by atoms with van der Waals surface area (Å²) >= 11 is 9.64. The summed E-state index contributed by atoms with van der Waals surface area (Å²) < 4.78 is 6.57. The Kier molecular flexibility index (Phi) is 8.10. The number of carbonyl (C=O) groups excluding carboxylic acids is 1. The second kappa shape index (κ2) is 10.1. The van der Waals surface area contributed by atoms with Crippen LogP contribution in [0.15, 0.2) is 46.9 Å². The molecule has 0 aliphatic heterocycles. The molecule has 0 bridgehead atoms. The third-order valence-corrected chi connectivity index (χ3v) is 4.73. The van der Waals surface area contributed by atoms with E-state index in [1.165, 1.54) is 0 Å². The maximum Gasteiger partial charge on any atom is 0.237 e. The van der Waals surface area contributed by atoms with Crippen LogP contribution >= 0.6 is 27.5 Å². The molecule has 27 heavy (non-hydrogen) atoms. The van der Waals surface area contributed by atoms with Gasteiger partial charge in [-0.25, -0.2) is 0 Å². The molecule has 2 rings (SSSR count). The lowest BCUT2D eigenvalue weighted by Crippen LogP contribution is -2.45. The van der Waals surface area contributed by atoms with Crippen LogP contribution < -0.4 is 15.4 Å². The van der Waals surface area contributed by atoms with Gasteiger partial charge in [0.25, 0.3) is 0 Å². The molecule has 1 amide bonds. The minimum absolute atomic E-state index is 0.0000573. The van der Waals surface area contributed by atoms with Gasteiger partial charge >= 0.3 is 0 Å². The standard InChI is InChI=1S/C20H24BrClN2O3/c1-12(2)27-18-9-6-14(11-16(18)22)19(25)24-17(20(26)23-3)10-13-4-7-15(21)8-5-13/h4-9,11-12,17,19,24-25H,10H2,1-3H3,(H,23,26)/t17-,19?/m0/s1. The van der Waals surface area contributed by atoms with E-state index in [2.05, 4.69) is 26.6 Å². The summed E-state index contributed by atoms with van der Waals surface area (Å²) in [5.41, 5.74) is 1.53. The highest BCUT2D eigenvalue weighted by molar-refractivity contribution is 9.10. The van der Waals surface area contributed by atoms with E-state index in [-0.39, 0.29) is 12.0 Å². The molecule has 0 heterocycles. The highest BCUT2D eigenvalue weighted by Gasteiger charge is 2.22. The first-order valence-corrected chi connectivity index (χ1v) is 9.83. The van der Waals surface area contributed by atoms with Gasteiger partial charge in [0.05, 0.1) is 17.2 Å². The summed E-state index contributed by atoms with van der Waals surface area (Å²) in [5, 5.41) is 16.6. The second-order valence-electron chi connectivity index (χ2n) is 6.42. The number of carbonyl (C=O) groups is 1. The van der Waals surface area contributed by atoms with Crippen molar-refractivity contribution in [2.24, 2.45) is 0 Å². The van der Waals surface area contributed by atoms with Gasteiger partial charge in [0, 0.05) is 11.5 Å². The highest BCUT2D eigenvalue weighted by Crippen LogP contribution is 2.28. The molecule has 0 fully saturated rings. The molecule has 2 atom stereocenters. The third-order valence-electron chi connectivity index (χ3n) is 3.91. The van der Waals surface area contributed by atoms with Crippen LogP contribution in [0.5, 0.6) is 5.75 Å². The number of aliphatic hydroxyl groups excluding tert-OH is 1. The molecule has 0 aliphatic rings. The van der Waals surface area contributed by atoms with Crippen LogP contribution in [0.4, 0.5) is 0 Å². The van der Waals surface area contributed by atoms with E-state index < -0.39 is 12.3 Å². The molecular weight excluding hydrogens is 432 g/mol. The van der Waals surface area contributed by atoms with Crippen LogP contribution in [-0.2, 0) is 11.2 Å². The second-order valence-corrected chi connectivity index (χ2v) is 7.75. The molecule has 0 saturated carbocycles. The van der Waals surface area contributed by atoms with Gasteiger partial charge in [0.15, 0.2) is 0 Å². The van der Waals surface area contributed by atoms with E-state index in [0.29, 0.717) is 22.8 Å². The molecule has 3 N–H and O–H groups in total. The predicted molar refractivity (Wildman–Crippen MR) is 111 cm³/mol. The fraction of sp³-hybridized carbons (Fsp3) is 0.350. The molecule has 2 aromatic carbocycles. The lowest BCUT2D eigenvalue weighted by atomic mass is 10.0. The average molecular weight is 456 g/mol. The van der Waals surface area contributed by atoms with Gasteiger partial charge in [-0.15, -0.1) is 0 Å². The van der Waals surface area contributed by atoms with Crippen molar-refractivity contribution in [3.63, 3.8) is 0 Å². The van der Waals surface area contributed by atoms with Gasteiger partial charge in [0.1, 0.15) is 12.0 Å². The van der Waals surface area contributed by atoms with Gasteiger partial charge in [-0.1, -0.05) is 45.7 Å². The third kappa shape index (κ3) is 6.50. The van der Waals surface area contributed by atoms with Crippen molar-refractivity contribution in [2.45, 2.75) is 38.6 Å². The van der Waals surface area contributed by atoms with E-state index in [1.54, 1.807) is 25.2 Å². The van der Waals surface area contributed by atoms with Crippen molar-refractivity contribution in [1.82, 2.24) is 10.6 Å². The maximum atomic E-state index is 12.3. The van der Waals surface area contributed by atoms with E-state index in [1.807, 2.05) is 38.1 Å². The zero-order valence-electron chi connectivity index (χ0n) is 15.5. The monoisotopic (exact) mass is 454 g/mol. The van der Waals surface area contributed by atoms with Gasteiger partial charge in [-0.05, 0) is 55.7 Å². The normalized spacial score (nSPS) is 13.3. The zero-order chi connectivity index (χ0) is 20.0. The summed E-state index contributed by atoms with van der Waals surface area (Å²) in [6.45, 7) is 3.83. The van der Waals surface area contributed by atoms with Crippen molar-refractivity contribution in [3.05, 3.63) is 63.1 Å². The number of nitrogens with one attached hydrogen (secondary N) is 2. The van der Waals surface area contributed by atoms with Crippen molar-refractivity contribution in [2.75, 3.05) is 7.05 Å². The Morgan fingerprint density at radius 1 is 1.22 bits per heavy atom. The number of ether oxygens (including phenoxy) is 1. The molecule has 7 heteroatoms. The van der Waals surface area contributed by atoms with Crippen LogP contribution in [-0.4, -0.2) is 30.2 Å². The molecule has 2 aromatic rings. The smallest absolute Gasteiger partial charge is 0.237 e. The fourth-order valence-corrected chi connectivity index (χ4v) is 3.08. The molecule has 5 nitrogen and oxygen atoms in total. The van der Waals surface area contributed by atoms with Gasteiger partial charge in [0.2, 0.25) is 5.91 Å². The number of rotatable bonds is 8. The zero-order valence-corrected chi connectivity index (χ0v) is 17.8. The Morgan fingerprint density at radius 3 is 2.44 bits per heavy atom. The molecule has 1 unspecified atom stereocenters. The minimum Gasteiger partial charge on any atom is -0.489 e. The van der Waals surface area contributed by atoms with E-state index >= 15 is 0 Å². The minimum atomic E-state index is -1.05. The number of amides is 1. The highest BCUT2D eigenvalue weighted by atomic mass is 79.9. The number of likely N-dealkylation sites (N-methyl/N-ethyl adjacent to an activating group) is 1. The fourth-order valence-electron chi connectivity index (χ4n) is 2.58. The molecule has 0 saturated heterocycles. The number of hydrogen-bond acceptors (Lipinski definition) is 4. The van der Waals surface area contributed by atoms with Gasteiger partial charge in [-0.3, -0.25) is 10.1 Å². The molecule has 0 spiro atoms. The Morgan fingerprint density at radius 2 is 1.89 bits per heavy atom. The van der Waals surface area contributed by atoms with Crippen LogP contribution in [0.25, 0.3) is 0 Å². The summed E-state index contributed by atoms with van der Waals surface area (Å²) in [6, 6.07) is 12.2. The topological polar surface area (TPSA) is 70.6 Å². The summed E-state index contributed by atoms with van der Waals surface area (Å²) in [6.07, 6.45) is -0.611. The predicted octanol–water partition coefficient (Wildman–Crippen LogP) is 3.83. The lowest BCUT2D eigenvalue weighted by Gasteiger charge is -2.22. The van der Waals surface area contributed by atoms with E-state index in [4.69, 9.17) is 16.3 Å². The number of benzene rings is 2. The quantitative estimate of drug-likeness (QED) is 0.529. The summed E-state index contributed by atoms with van der Waals surface area (Å²) in [5.74, 6) is 0.350. The Bertz CT molecular complexity index is 768. The van der Waals surface area contributed by atoms with Crippen molar-refractivity contribution >= 4 is 33.4 Å². The van der Waals surface area contributed by atoms with E-state index in [9.17, 15) is 9.90 Å². The first-order valence-electron chi connectivity index (χ1n) is 8.66. The Labute approximate surface area is 173 Å². The largest absolute Gasteiger partial charge is 0.489 e. The first-order chi connectivity index (χ1) is 12.8. The molecule has 0 aromatic heterocycles. The van der Waals surface area contributed by atoms with Crippen molar-refractivity contribution < 1.29 is 14.6 Å². The number of hydrogen-bond donors (Lipinski definition) is 3. The maximum absolute atomic E-state index is 12.3. The summed E-state index contributed by atoms with van der Waals surface area (Å²) in [4.78, 5) is 12.3. The average Bonchev–Trinajstić information content (AvgIpc) is 2.63. The van der Waals surface area contributed by atoms with Crippen molar-refractivity contribution in [3.8, 4) is 5.75 Å². The molecule has 146 valence electrons. The van der Waals surface area contributed by atoms with E-state index in [0.717, 1.165) is 10.0 Å². The van der Waals surface area contributed by atoms with Gasteiger partial charge < -0.3 is 15.2 Å². The molecule has 0 radical (unpaired) electrons. The molecule has 0 aliphatic carbocycles. The van der Waals surface area contributed by atoms with Gasteiger partial charge in [-0.2, -0.15) is 0 Å². The SMILES string of the molecule is CNC(=O)[C@H](Cc1ccc(Br)cc1)NC(O)c1ccc(OC(C)C)c(Cl)c1. The Balaban J connectivity index is 2.13. The summed E-state index contributed by atoms with van der Waals surface area (Å²) in [7, 11) is 1.57. The van der Waals surface area contributed by atoms with Crippen LogP contribution in [0, 0.1) is 0 Å². The molecular formula is C20H24BrClN2O3. The number of halogens is 2.